The summed E-state index contributed by atoms with van der Waals surface area (Å²) >= 11 is 0. The fourth-order valence-corrected chi connectivity index (χ4v) is 3.30. The molecule has 6 heteroatoms. The topological polar surface area (TPSA) is 59.7 Å². The Labute approximate surface area is 170 Å². The summed E-state index contributed by atoms with van der Waals surface area (Å²) in [6.07, 6.45) is 16.7. The Morgan fingerprint density at radius 1 is 1.03 bits per heavy atom. The number of nitrogens with zero attached hydrogens (tertiary/aromatic N) is 6. The number of aromatic nitrogens is 5. The average Bonchev–Trinajstić information content (AvgIpc) is 3.41. The molecular formula is C23H22N6. The first-order chi connectivity index (χ1) is 14.3. The highest BCUT2D eigenvalue weighted by molar-refractivity contribution is 5.26. The van der Waals surface area contributed by atoms with Crippen molar-refractivity contribution < 1.29 is 0 Å². The molecule has 0 saturated heterocycles. The largest absolute Gasteiger partial charge is 0.286 e. The maximum Gasteiger partial charge on any atom is 0.113 e. The van der Waals surface area contributed by atoms with Gasteiger partial charge in [0.05, 0.1) is 29.8 Å². The molecule has 0 amide bonds. The van der Waals surface area contributed by atoms with Gasteiger partial charge in [0, 0.05) is 25.8 Å². The van der Waals surface area contributed by atoms with Crippen LogP contribution in [0, 0.1) is 12.3 Å². The van der Waals surface area contributed by atoms with E-state index in [1.807, 2.05) is 53.5 Å². The number of rotatable bonds is 8. The van der Waals surface area contributed by atoms with Gasteiger partial charge >= 0.3 is 0 Å². The van der Waals surface area contributed by atoms with E-state index in [9.17, 15) is 0 Å². The fourth-order valence-electron chi connectivity index (χ4n) is 3.30. The predicted octanol–water partition coefficient (Wildman–Crippen LogP) is 3.14. The van der Waals surface area contributed by atoms with Crippen LogP contribution in [0.2, 0.25) is 0 Å². The Morgan fingerprint density at radius 3 is 2.69 bits per heavy atom. The Bertz CT molecular complexity index is 1060. The summed E-state index contributed by atoms with van der Waals surface area (Å²) in [5, 5.41) is 8.65. The second-order valence-electron chi connectivity index (χ2n) is 6.99. The molecule has 0 atom stereocenters. The first-order valence-corrected chi connectivity index (χ1v) is 9.57. The number of hydrogen-bond donors (Lipinski definition) is 0. The second kappa shape index (κ2) is 9.09. The summed E-state index contributed by atoms with van der Waals surface area (Å²) in [7, 11) is 0. The van der Waals surface area contributed by atoms with Crippen LogP contribution in [0.3, 0.4) is 0 Å². The molecule has 0 spiro atoms. The van der Waals surface area contributed by atoms with E-state index in [0.29, 0.717) is 25.3 Å². The summed E-state index contributed by atoms with van der Waals surface area (Å²) in [5.74, 6) is 2.60. The van der Waals surface area contributed by atoms with E-state index < -0.39 is 0 Å². The van der Waals surface area contributed by atoms with E-state index in [0.717, 1.165) is 30.0 Å². The molecule has 3 aromatic heterocycles. The van der Waals surface area contributed by atoms with E-state index in [2.05, 4.69) is 49.3 Å². The molecule has 0 radical (unpaired) electrons. The van der Waals surface area contributed by atoms with Crippen molar-refractivity contribution >= 4 is 0 Å². The number of terminal acetylenes is 1. The number of hydrogen-bond acceptors (Lipinski definition) is 5. The van der Waals surface area contributed by atoms with Crippen molar-refractivity contribution in [1.29, 1.82) is 0 Å². The molecule has 144 valence electrons. The third-order valence-corrected chi connectivity index (χ3v) is 4.64. The van der Waals surface area contributed by atoms with Gasteiger partial charge in [-0.2, -0.15) is 0 Å². The van der Waals surface area contributed by atoms with Crippen LogP contribution in [0.1, 0.15) is 29.2 Å². The van der Waals surface area contributed by atoms with E-state index in [-0.39, 0.29) is 0 Å². The summed E-state index contributed by atoms with van der Waals surface area (Å²) in [6.45, 7) is 2.75. The van der Waals surface area contributed by atoms with Gasteiger partial charge < -0.3 is 0 Å². The third-order valence-electron chi connectivity index (χ3n) is 4.64. The lowest BCUT2D eigenvalue weighted by molar-refractivity contribution is 0.238. The van der Waals surface area contributed by atoms with Gasteiger partial charge in [-0.3, -0.25) is 9.88 Å². The molecule has 6 nitrogen and oxygen atoms in total. The van der Waals surface area contributed by atoms with Gasteiger partial charge in [-0.1, -0.05) is 41.5 Å². The van der Waals surface area contributed by atoms with Crippen molar-refractivity contribution in [2.45, 2.75) is 32.6 Å². The first kappa shape index (κ1) is 18.8. The van der Waals surface area contributed by atoms with Gasteiger partial charge in [0.25, 0.3) is 0 Å². The Kier molecular flexibility index (Phi) is 5.89. The van der Waals surface area contributed by atoms with E-state index in [4.69, 9.17) is 6.42 Å². The van der Waals surface area contributed by atoms with Crippen molar-refractivity contribution in [3.63, 3.8) is 0 Å². The lowest BCUT2D eigenvalue weighted by Gasteiger charge is -2.20. The normalized spacial score (nSPS) is 12.9. The Hall–Kier alpha value is -3.56. The molecule has 0 aliphatic heterocycles. The van der Waals surface area contributed by atoms with Crippen molar-refractivity contribution in [2.24, 2.45) is 0 Å². The molecule has 0 unspecified atom stereocenters. The van der Waals surface area contributed by atoms with Gasteiger partial charge in [-0.25, -0.2) is 9.67 Å². The Balaban J connectivity index is 1.48. The highest BCUT2D eigenvalue weighted by Gasteiger charge is 2.13. The summed E-state index contributed by atoms with van der Waals surface area (Å²) in [4.78, 5) is 11.2. The maximum absolute atomic E-state index is 5.50. The van der Waals surface area contributed by atoms with Crippen molar-refractivity contribution in [3.05, 3.63) is 95.4 Å². The van der Waals surface area contributed by atoms with Gasteiger partial charge in [-0.05, 0) is 36.3 Å². The van der Waals surface area contributed by atoms with Crippen LogP contribution in [0.15, 0.2) is 72.6 Å². The minimum absolute atomic E-state index is 0.643. The quantitative estimate of drug-likeness (QED) is 0.560. The summed E-state index contributed by atoms with van der Waals surface area (Å²) < 4.78 is 1.89. The van der Waals surface area contributed by atoms with E-state index >= 15 is 0 Å². The number of pyridine rings is 2. The lowest BCUT2D eigenvalue weighted by Crippen LogP contribution is -2.23. The van der Waals surface area contributed by atoms with Crippen LogP contribution < -0.4 is 0 Å². The predicted molar refractivity (Wildman–Crippen MR) is 111 cm³/mol. The van der Waals surface area contributed by atoms with Crippen LogP contribution in [0.5, 0.6) is 0 Å². The first-order valence-electron chi connectivity index (χ1n) is 9.57. The van der Waals surface area contributed by atoms with Crippen molar-refractivity contribution in [2.75, 3.05) is 0 Å². The Morgan fingerprint density at radius 2 is 1.90 bits per heavy atom. The zero-order chi connectivity index (χ0) is 19.9. The molecule has 1 aliphatic carbocycles. The summed E-state index contributed by atoms with van der Waals surface area (Å²) in [6, 6.07) is 11.7. The van der Waals surface area contributed by atoms with Crippen molar-refractivity contribution in [3.8, 4) is 12.3 Å². The van der Waals surface area contributed by atoms with Crippen LogP contribution in [-0.2, 0) is 26.2 Å². The molecule has 0 fully saturated rings. The average molecular weight is 382 g/mol. The standard InChI is InChI=1S/C23H22N6/c1-2-20-11-7-12-22(25-20)16-28(15-21-10-5-6-13-24-21)17-23-18-29(27-26-23)14-19-8-3-4-9-19/h1,3-8,10-13,18H,9,14-17H2. The monoisotopic (exact) mass is 382 g/mol. The number of allylic oxidation sites excluding steroid dienone is 4. The van der Waals surface area contributed by atoms with Crippen LogP contribution in [-0.4, -0.2) is 29.9 Å². The molecule has 29 heavy (non-hydrogen) atoms. The van der Waals surface area contributed by atoms with Gasteiger partial charge in [0.2, 0.25) is 0 Å². The molecule has 3 heterocycles. The molecule has 0 aromatic carbocycles. The molecule has 0 N–H and O–H groups in total. The highest BCUT2D eigenvalue weighted by atomic mass is 15.4. The van der Waals surface area contributed by atoms with Crippen LogP contribution in [0.4, 0.5) is 0 Å². The van der Waals surface area contributed by atoms with Crippen LogP contribution in [0.25, 0.3) is 0 Å². The summed E-state index contributed by atoms with van der Waals surface area (Å²) in [5.41, 5.74) is 4.81. The molecule has 4 rings (SSSR count). The van der Waals surface area contributed by atoms with Crippen LogP contribution >= 0.6 is 0 Å². The molecule has 1 aliphatic rings. The minimum Gasteiger partial charge on any atom is -0.286 e. The van der Waals surface area contributed by atoms with E-state index in [1.165, 1.54) is 5.57 Å². The fraction of sp³-hybridized carbons (Fsp3) is 0.217. The van der Waals surface area contributed by atoms with Gasteiger partial charge in [0.1, 0.15) is 5.69 Å². The zero-order valence-electron chi connectivity index (χ0n) is 16.1. The third kappa shape index (κ3) is 5.24. The molecular weight excluding hydrogens is 360 g/mol. The molecule has 3 aromatic rings. The molecule has 0 bridgehead atoms. The van der Waals surface area contributed by atoms with E-state index in [1.54, 1.807) is 0 Å². The van der Waals surface area contributed by atoms with Gasteiger partial charge in [0.15, 0.2) is 0 Å². The lowest BCUT2D eigenvalue weighted by atomic mass is 10.2. The SMILES string of the molecule is C#Cc1cccc(CN(Cc2ccccn2)Cc2cn(CC3=CC=CC3)nn2)n1. The minimum atomic E-state index is 0.643. The highest BCUT2D eigenvalue weighted by Crippen LogP contribution is 2.14. The molecule has 0 saturated carbocycles. The van der Waals surface area contributed by atoms with Gasteiger partial charge in [-0.15, -0.1) is 11.5 Å². The maximum atomic E-state index is 5.50. The second-order valence-corrected chi connectivity index (χ2v) is 6.99. The smallest absolute Gasteiger partial charge is 0.113 e. The van der Waals surface area contributed by atoms with Crippen molar-refractivity contribution in [1.82, 2.24) is 29.9 Å². The zero-order valence-corrected chi connectivity index (χ0v) is 16.1.